The summed E-state index contributed by atoms with van der Waals surface area (Å²) in [7, 11) is 0. The Morgan fingerprint density at radius 3 is 2.74 bits per heavy atom. The molecule has 1 N–H and O–H groups in total. The Hall–Kier alpha value is -0.420. The molecule has 19 heavy (non-hydrogen) atoms. The van der Waals surface area contributed by atoms with Gasteiger partial charge >= 0.3 is 0 Å². The first kappa shape index (κ1) is 15.0. The second-order valence-corrected chi connectivity index (χ2v) is 7.23. The second-order valence-electron chi connectivity index (χ2n) is 4.19. The highest BCUT2D eigenvalue weighted by atomic mass is 79.9. The van der Waals surface area contributed by atoms with E-state index >= 15 is 0 Å². The molecule has 0 aliphatic rings. The molecule has 0 radical (unpaired) electrons. The fourth-order valence-corrected chi connectivity index (χ4v) is 4.12. The van der Waals surface area contributed by atoms with E-state index in [0.29, 0.717) is 10.6 Å². The lowest BCUT2D eigenvalue weighted by Gasteiger charge is -2.20. The zero-order valence-electron chi connectivity index (χ0n) is 10.6. The fourth-order valence-electron chi connectivity index (χ4n) is 2.10. The summed E-state index contributed by atoms with van der Waals surface area (Å²) >= 11 is 11.3. The monoisotopic (exact) mass is 361 g/mol. The molecule has 1 unspecified atom stereocenters. The topological polar surface area (TPSA) is 12.0 Å². The first-order valence-electron chi connectivity index (χ1n) is 5.97. The molecule has 1 aromatic carbocycles. The van der Waals surface area contributed by atoms with Crippen molar-refractivity contribution in [3.05, 3.63) is 54.9 Å². The van der Waals surface area contributed by atoms with Crippen molar-refractivity contribution in [2.75, 3.05) is 6.54 Å². The van der Waals surface area contributed by atoms with Crippen LogP contribution in [0, 0.1) is 12.7 Å². The maximum Gasteiger partial charge on any atom is 0.129 e. The van der Waals surface area contributed by atoms with Crippen LogP contribution in [-0.2, 0) is 0 Å². The summed E-state index contributed by atoms with van der Waals surface area (Å²) in [4.78, 5) is 1.15. The smallest absolute Gasteiger partial charge is 0.129 e. The van der Waals surface area contributed by atoms with Crippen LogP contribution in [-0.4, -0.2) is 6.54 Å². The zero-order chi connectivity index (χ0) is 14.0. The molecule has 5 heteroatoms. The maximum absolute atomic E-state index is 14.1. The molecule has 1 aromatic heterocycles. The van der Waals surface area contributed by atoms with E-state index < -0.39 is 0 Å². The van der Waals surface area contributed by atoms with Gasteiger partial charge in [0.05, 0.1) is 9.83 Å². The molecule has 0 aliphatic heterocycles. The number of thiophene rings is 1. The van der Waals surface area contributed by atoms with E-state index in [-0.39, 0.29) is 11.9 Å². The number of nitrogens with one attached hydrogen (secondary N) is 1. The van der Waals surface area contributed by atoms with Crippen LogP contribution in [0.3, 0.4) is 0 Å². The highest BCUT2D eigenvalue weighted by Gasteiger charge is 2.22. The average Bonchev–Trinajstić information content (AvgIpc) is 2.67. The van der Waals surface area contributed by atoms with E-state index in [4.69, 9.17) is 11.6 Å². The molecule has 1 atom stereocenters. The van der Waals surface area contributed by atoms with Crippen molar-refractivity contribution < 1.29 is 4.39 Å². The summed E-state index contributed by atoms with van der Waals surface area (Å²) in [5, 5.41) is 3.76. The van der Waals surface area contributed by atoms with E-state index in [1.165, 1.54) is 6.07 Å². The van der Waals surface area contributed by atoms with Crippen LogP contribution < -0.4 is 5.32 Å². The van der Waals surface area contributed by atoms with Gasteiger partial charge in [-0.2, -0.15) is 0 Å². The van der Waals surface area contributed by atoms with Crippen LogP contribution in [0.1, 0.15) is 29.0 Å². The molecule has 2 aromatic rings. The van der Waals surface area contributed by atoms with E-state index in [9.17, 15) is 4.39 Å². The Balaban J connectivity index is 2.54. The number of benzene rings is 1. The molecular weight excluding hydrogens is 349 g/mol. The van der Waals surface area contributed by atoms with Crippen LogP contribution in [0.5, 0.6) is 0 Å². The average molecular weight is 363 g/mol. The number of halogens is 3. The Morgan fingerprint density at radius 2 is 2.21 bits per heavy atom. The Kier molecular flexibility index (Phi) is 5.01. The Morgan fingerprint density at radius 1 is 1.47 bits per heavy atom. The fraction of sp³-hybridized carbons (Fsp3) is 0.286. The van der Waals surface area contributed by atoms with Crippen LogP contribution in [0.4, 0.5) is 4.39 Å². The van der Waals surface area contributed by atoms with Gasteiger partial charge in [0.2, 0.25) is 0 Å². The molecular formula is C14H14BrClFNS. The zero-order valence-corrected chi connectivity index (χ0v) is 13.8. The van der Waals surface area contributed by atoms with Crippen LogP contribution in [0.15, 0.2) is 28.1 Å². The van der Waals surface area contributed by atoms with Crippen molar-refractivity contribution >= 4 is 38.9 Å². The predicted octanol–water partition coefficient (Wildman–Crippen LogP) is 5.31. The minimum atomic E-state index is -0.278. The first-order chi connectivity index (χ1) is 9.04. The van der Waals surface area contributed by atoms with Gasteiger partial charge in [-0.05, 0) is 53.2 Å². The van der Waals surface area contributed by atoms with Gasteiger partial charge in [0, 0.05) is 15.5 Å². The minimum absolute atomic E-state index is 0.221. The highest BCUT2D eigenvalue weighted by molar-refractivity contribution is 9.11. The van der Waals surface area contributed by atoms with E-state index in [2.05, 4.69) is 21.2 Å². The van der Waals surface area contributed by atoms with Gasteiger partial charge in [-0.25, -0.2) is 4.39 Å². The van der Waals surface area contributed by atoms with E-state index in [0.717, 1.165) is 20.8 Å². The molecule has 0 aliphatic carbocycles. The molecule has 0 fully saturated rings. The predicted molar refractivity (Wildman–Crippen MR) is 83.7 cm³/mol. The first-order valence-corrected chi connectivity index (χ1v) is 7.96. The van der Waals surface area contributed by atoms with E-state index in [1.807, 2.05) is 19.9 Å². The standard InChI is InChI=1S/C14H14BrClFNS/c1-3-18-14(9-7-12(15)19-8(9)2)13-10(16)5-4-6-11(13)17/h4-7,14,18H,3H2,1-2H3. The molecule has 1 heterocycles. The van der Waals surface area contributed by atoms with Gasteiger partial charge < -0.3 is 5.32 Å². The molecule has 2 rings (SSSR count). The van der Waals surface area contributed by atoms with Crippen molar-refractivity contribution in [1.29, 1.82) is 0 Å². The van der Waals surface area contributed by atoms with Crippen molar-refractivity contribution in [3.8, 4) is 0 Å². The number of rotatable bonds is 4. The Labute approximate surface area is 129 Å². The lowest BCUT2D eigenvalue weighted by atomic mass is 9.98. The summed E-state index contributed by atoms with van der Waals surface area (Å²) in [6.45, 7) is 4.77. The molecule has 1 nitrogen and oxygen atoms in total. The molecule has 0 amide bonds. The number of hydrogen-bond acceptors (Lipinski definition) is 2. The van der Waals surface area contributed by atoms with Gasteiger partial charge in [-0.15, -0.1) is 11.3 Å². The van der Waals surface area contributed by atoms with Gasteiger partial charge in [0.15, 0.2) is 0 Å². The van der Waals surface area contributed by atoms with Crippen molar-refractivity contribution in [2.45, 2.75) is 19.9 Å². The summed E-state index contributed by atoms with van der Waals surface area (Å²) < 4.78 is 15.2. The summed E-state index contributed by atoms with van der Waals surface area (Å²) in [6, 6.07) is 6.60. The summed E-state index contributed by atoms with van der Waals surface area (Å²) in [6.07, 6.45) is 0. The lowest BCUT2D eigenvalue weighted by molar-refractivity contribution is 0.559. The maximum atomic E-state index is 14.1. The van der Waals surface area contributed by atoms with Crippen LogP contribution in [0.25, 0.3) is 0 Å². The van der Waals surface area contributed by atoms with Crippen LogP contribution in [0.2, 0.25) is 5.02 Å². The molecule has 0 bridgehead atoms. The Bertz CT molecular complexity index is 565. The summed E-state index contributed by atoms with van der Waals surface area (Å²) in [5.74, 6) is -0.278. The SMILES string of the molecule is CCNC(c1cc(Br)sc1C)c1c(F)cccc1Cl. The summed E-state index contributed by atoms with van der Waals surface area (Å²) in [5.41, 5.74) is 1.57. The van der Waals surface area contributed by atoms with Gasteiger partial charge in [-0.1, -0.05) is 24.6 Å². The van der Waals surface area contributed by atoms with Crippen molar-refractivity contribution in [2.24, 2.45) is 0 Å². The third-order valence-electron chi connectivity index (χ3n) is 2.93. The van der Waals surface area contributed by atoms with Gasteiger partial charge in [-0.3, -0.25) is 0 Å². The lowest BCUT2D eigenvalue weighted by Crippen LogP contribution is -2.23. The van der Waals surface area contributed by atoms with E-state index in [1.54, 1.807) is 23.5 Å². The molecule has 0 saturated carbocycles. The molecule has 0 saturated heterocycles. The number of hydrogen-bond donors (Lipinski definition) is 1. The molecule has 0 spiro atoms. The van der Waals surface area contributed by atoms with Crippen molar-refractivity contribution in [3.63, 3.8) is 0 Å². The number of aryl methyl sites for hydroxylation is 1. The van der Waals surface area contributed by atoms with Gasteiger partial charge in [0.1, 0.15) is 5.82 Å². The third-order valence-corrected chi connectivity index (χ3v) is 4.83. The highest BCUT2D eigenvalue weighted by Crippen LogP contribution is 2.37. The second kappa shape index (κ2) is 6.35. The van der Waals surface area contributed by atoms with Gasteiger partial charge in [0.25, 0.3) is 0 Å². The third kappa shape index (κ3) is 3.19. The van der Waals surface area contributed by atoms with Crippen LogP contribution >= 0.6 is 38.9 Å². The normalized spacial score (nSPS) is 12.7. The largest absolute Gasteiger partial charge is 0.306 e. The minimum Gasteiger partial charge on any atom is -0.306 e. The van der Waals surface area contributed by atoms with Crippen molar-refractivity contribution in [1.82, 2.24) is 5.32 Å². The quantitative estimate of drug-likeness (QED) is 0.777. The molecule has 102 valence electrons.